The summed E-state index contributed by atoms with van der Waals surface area (Å²) in [6.45, 7) is 21.2. The van der Waals surface area contributed by atoms with Crippen molar-refractivity contribution >= 4 is 11.0 Å². The molecule has 0 amide bonds. The van der Waals surface area contributed by atoms with Gasteiger partial charge in [0.05, 0.1) is 11.0 Å². The van der Waals surface area contributed by atoms with Gasteiger partial charge in [0.25, 0.3) is 0 Å². The Labute approximate surface area is 168 Å². The van der Waals surface area contributed by atoms with E-state index in [0.29, 0.717) is 0 Å². The molecule has 4 aromatic heterocycles. The van der Waals surface area contributed by atoms with Gasteiger partial charge in [0.1, 0.15) is 11.6 Å². The van der Waals surface area contributed by atoms with Gasteiger partial charge in [-0.15, -0.1) is 0 Å². The van der Waals surface area contributed by atoms with Crippen LogP contribution in [0.4, 0.5) is 0 Å². The molecule has 4 aromatic rings. The first kappa shape index (κ1) is 20.1. The SMILES string of the molecule is Cc1cc2c(C)c(C)nc(C)n2c1C.Cc1cn2c(C)nc(C)c(C)c2c1C. The van der Waals surface area contributed by atoms with Crippen molar-refractivity contribution in [2.75, 3.05) is 0 Å². The fourth-order valence-electron chi connectivity index (χ4n) is 3.98. The number of hydrogen-bond acceptors (Lipinski definition) is 2. The molecule has 4 nitrogen and oxygen atoms in total. The molecule has 0 bridgehead atoms. The Kier molecular flexibility index (Phi) is 5.09. The number of rotatable bonds is 0. The van der Waals surface area contributed by atoms with Crippen LogP contribution in [0.3, 0.4) is 0 Å². The van der Waals surface area contributed by atoms with Gasteiger partial charge in [-0.1, -0.05) is 0 Å². The summed E-state index contributed by atoms with van der Waals surface area (Å²) in [5.74, 6) is 2.15. The Morgan fingerprint density at radius 1 is 0.643 bits per heavy atom. The van der Waals surface area contributed by atoms with Crippen molar-refractivity contribution in [3.05, 3.63) is 68.8 Å². The summed E-state index contributed by atoms with van der Waals surface area (Å²) < 4.78 is 4.42. The van der Waals surface area contributed by atoms with Gasteiger partial charge in [0.2, 0.25) is 0 Å². The standard InChI is InChI=1S/2C12H16N2/c1-7-6-12-8(2)9(3)13-11(5)14(12)10(7)4;1-7-6-14-11(5)13-10(4)9(3)12(14)8(7)2/h2*6H,1-5H3. The van der Waals surface area contributed by atoms with E-state index in [1.54, 1.807) is 0 Å². The Hall–Kier alpha value is -2.62. The maximum absolute atomic E-state index is 4.54. The van der Waals surface area contributed by atoms with Gasteiger partial charge < -0.3 is 8.80 Å². The third-order valence-corrected chi connectivity index (χ3v) is 6.17. The molecule has 28 heavy (non-hydrogen) atoms. The van der Waals surface area contributed by atoms with Gasteiger partial charge in [-0.3, -0.25) is 0 Å². The predicted octanol–water partition coefficient (Wildman–Crippen LogP) is 5.75. The lowest BCUT2D eigenvalue weighted by Crippen LogP contribution is -2.01. The van der Waals surface area contributed by atoms with Crippen molar-refractivity contribution in [3.63, 3.8) is 0 Å². The monoisotopic (exact) mass is 376 g/mol. The molecule has 4 rings (SSSR count). The van der Waals surface area contributed by atoms with Crippen molar-refractivity contribution in [1.82, 2.24) is 18.8 Å². The van der Waals surface area contributed by atoms with Crippen molar-refractivity contribution in [2.45, 2.75) is 69.2 Å². The average molecular weight is 377 g/mol. The van der Waals surface area contributed by atoms with Crippen LogP contribution < -0.4 is 0 Å². The minimum absolute atomic E-state index is 1.07. The summed E-state index contributed by atoms with van der Waals surface area (Å²) in [4.78, 5) is 9.06. The molecule has 0 spiro atoms. The van der Waals surface area contributed by atoms with Crippen molar-refractivity contribution in [3.8, 4) is 0 Å². The van der Waals surface area contributed by atoms with Crippen LogP contribution in [0.25, 0.3) is 11.0 Å². The molecule has 148 valence electrons. The van der Waals surface area contributed by atoms with E-state index in [1.807, 2.05) is 0 Å². The Morgan fingerprint density at radius 3 is 1.86 bits per heavy atom. The van der Waals surface area contributed by atoms with Crippen molar-refractivity contribution in [2.24, 2.45) is 0 Å². The number of aromatic nitrogens is 4. The summed E-state index contributed by atoms with van der Waals surface area (Å²) in [5.41, 5.74) is 12.8. The second kappa shape index (κ2) is 7.08. The van der Waals surface area contributed by atoms with E-state index in [1.165, 1.54) is 44.5 Å². The number of fused-ring (bicyclic) bond motifs is 2. The number of aryl methyl sites for hydroxylation is 10. The molecule has 0 atom stereocenters. The fraction of sp³-hybridized carbons (Fsp3) is 0.417. The Morgan fingerprint density at radius 2 is 1.21 bits per heavy atom. The largest absolute Gasteiger partial charge is 0.305 e. The third-order valence-electron chi connectivity index (χ3n) is 6.17. The van der Waals surface area contributed by atoms with Crippen LogP contribution in [-0.4, -0.2) is 18.8 Å². The molecule has 4 heteroatoms. The predicted molar refractivity (Wildman–Crippen MR) is 118 cm³/mol. The quantitative estimate of drug-likeness (QED) is 0.391. The topological polar surface area (TPSA) is 34.6 Å². The Bertz CT molecular complexity index is 1210. The van der Waals surface area contributed by atoms with Gasteiger partial charge in [-0.05, 0) is 103 Å². The molecule has 0 unspecified atom stereocenters. The van der Waals surface area contributed by atoms with E-state index in [2.05, 4.69) is 100 Å². The maximum atomic E-state index is 4.54. The van der Waals surface area contributed by atoms with E-state index in [0.717, 1.165) is 23.0 Å². The molecular formula is C24H32N4. The van der Waals surface area contributed by atoms with Crippen LogP contribution in [0.15, 0.2) is 12.3 Å². The highest BCUT2D eigenvalue weighted by Crippen LogP contribution is 2.23. The van der Waals surface area contributed by atoms with Crippen LogP contribution >= 0.6 is 0 Å². The molecule has 0 saturated carbocycles. The minimum Gasteiger partial charge on any atom is -0.305 e. The lowest BCUT2D eigenvalue weighted by molar-refractivity contribution is 0.921. The average Bonchev–Trinajstić information content (AvgIpc) is 3.09. The first-order valence-corrected chi connectivity index (χ1v) is 9.89. The first-order chi connectivity index (χ1) is 13.0. The highest BCUT2D eigenvalue weighted by atomic mass is 15.0. The van der Waals surface area contributed by atoms with Crippen LogP contribution in [0.5, 0.6) is 0 Å². The summed E-state index contributed by atoms with van der Waals surface area (Å²) in [5, 5.41) is 0. The van der Waals surface area contributed by atoms with Crippen molar-refractivity contribution in [1.29, 1.82) is 0 Å². The zero-order chi connectivity index (χ0) is 20.9. The maximum Gasteiger partial charge on any atom is 0.110 e. The van der Waals surface area contributed by atoms with Crippen LogP contribution in [-0.2, 0) is 0 Å². The van der Waals surface area contributed by atoms with Gasteiger partial charge >= 0.3 is 0 Å². The van der Waals surface area contributed by atoms with E-state index < -0.39 is 0 Å². The summed E-state index contributed by atoms with van der Waals surface area (Å²) in [6.07, 6.45) is 2.17. The van der Waals surface area contributed by atoms with E-state index >= 15 is 0 Å². The molecule has 0 radical (unpaired) electrons. The molecule has 0 aliphatic rings. The first-order valence-electron chi connectivity index (χ1n) is 9.89. The summed E-state index contributed by atoms with van der Waals surface area (Å²) >= 11 is 0. The molecule has 0 saturated heterocycles. The third kappa shape index (κ3) is 3.11. The highest BCUT2D eigenvalue weighted by molar-refractivity contribution is 5.65. The van der Waals surface area contributed by atoms with Gasteiger partial charge in [0.15, 0.2) is 0 Å². The molecule has 0 aliphatic heterocycles. The van der Waals surface area contributed by atoms with Crippen LogP contribution in [0.1, 0.15) is 56.5 Å². The molecular weight excluding hydrogens is 344 g/mol. The van der Waals surface area contributed by atoms with Gasteiger partial charge in [0, 0.05) is 23.3 Å². The molecule has 0 aromatic carbocycles. The van der Waals surface area contributed by atoms with E-state index in [-0.39, 0.29) is 0 Å². The second-order valence-corrected chi connectivity index (χ2v) is 8.03. The number of nitrogens with zero attached hydrogens (tertiary/aromatic N) is 4. The van der Waals surface area contributed by atoms with Crippen LogP contribution in [0.2, 0.25) is 0 Å². The Balaban J connectivity index is 0.000000161. The molecule has 0 aliphatic carbocycles. The fourth-order valence-corrected chi connectivity index (χ4v) is 3.98. The lowest BCUT2D eigenvalue weighted by Gasteiger charge is -2.08. The van der Waals surface area contributed by atoms with E-state index in [4.69, 9.17) is 0 Å². The zero-order valence-electron chi connectivity index (χ0n) is 18.9. The van der Waals surface area contributed by atoms with Crippen LogP contribution in [0, 0.1) is 69.2 Å². The number of hydrogen-bond donors (Lipinski definition) is 0. The molecule has 0 fully saturated rings. The summed E-state index contributed by atoms with van der Waals surface area (Å²) in [6, 6.07) is 2.24. The normalized spacial score (nSPS) is 11.2. The summed E-state index contributed by atoms with van der Waals surface area (Å²) in [7, 11) is 0. The second-order valence-electron chi connectivity index (χ2n) is 8.03. The lowest BCUT2D eigenvalue weighted by atomic mass is 10.1. The molecule has 0 N–H and O–H groups in total. The molecule has 4 heterocycles. The van der Waals surface area contributed by atoms with Gasteiger partial charge in [-0.2, -0.15) is 0 Å². The van der Waals surface area contributed by atoms with Gasteiger partial charge in [-0.25, -0.2) is 9.97 Å². The zero-order valence-corrected chi connectivity index (χ0v) is 18.9. The highest BCUT2D eigenvalue weighted by Gasteiger charge is 2.11. The van der Waals surface area contributed by atoms with E-state index in [9.17, 15) is 0 Å². The van der Waals surface area contributed by atoms with Crippen molar-refractivity contribution < 1.29 is 0 Å². The minimum atomic E-state index is 1.07. The smallest absolute Gasteiger partial charge is 0.110 e.